The van der Waals surface area contributed by atoms with Gasteiger partial charge in [-0.3, -0.25) is 0 Å². The van der Waals surface area contributed by atoms with Crippen LogP contribution in [0.5, 0.6) is 0 Å². The smallest absolute Gasteiger partial charge is 0.184 e. The molecular weight excluding hydrogens is 108 g/mol. The zero-order valence-corrected chi connectivity index (χ0v) is 4.41. The molecule has 3 heteroatoms. The fraction of sp³-hybridized carbons (Fsp3) is 1.00. The number of aliphatic hydroxyl groups is 1. The highest BCUT2D eigenvalue weighted by atomic mass is 16.8. The lowest BCUT2D eigenvalue weighted by Crippen LogP contribution is -2.24. The first-order valence-electron chi connectivity index (χ1n) is 2.81. The third-order valence-corrected chi connectivity index (χ3v) is 1.49. The summed E-state index contributed by atoms with van der Waals surface area (Å²) in [5.74, 6) is 0. The summed E-state index contributed by atoms with van der Waals surface area (Å²) in [6.07, 6.45) is 0.695. The molecule has 0 radical (unpaired) electrons. The average Bonchev–Trinajstić information content (AvgIpc) is 2.43. The number of ether oxygens (including phenoxy) is 2. The van der Waals surface area contributed by atoms with Crippen LogP contribution in [0.2, 0.25) is 0 Å². The van der Waals surface area contributed by atoms with Gasteiger partial charge in [-0.05, 0) is 0 Å². The third kappa shape index (κ3) is 0.632. The highest BCUT2D eigenvalue weighted by Gasteiger charge is 2.45. The van der Waals surface area contributed by atoms with Crippen molar-refractivity contribution in [3.8, 4) is 0 Å². The van der Waals surface area contributed by atoms with Crippen molar-refractivity contribution in [2.45, 2.75) is 24.9 Å². The van der Waals surface area contributed by atoms with Crippen LogP contribution in [0.1, 0.15) is 6.42 Å². The SMILES string of the molecule is O[C@@H]1COC2O[C@@H]2C1. The van der Waals surface area contributed by atoms with Gasteiger partial charge in [0.1, 0.15) is 6.10 Å². The van der Waals surface area contributed by atoms with Crippen LogP contribution in [-0.4, -0.2) is 30.2 Å². The van der Waals surface area contributed by atoms with E-state index in [2.05, 4.69) is 0 Å². The number of fused-ring (bicyclic) bond motifs is 1. The molecule has 2 rings (SSSR count). The maximum absolute atomic E-state index is 8.90. The fourth-order valence-corrected chi connectivity index (χ4v) is 0.982. The Morgan fingerprint density at radius 1 is 1.50 bits per heavy atom. The monoisotopic (exact) mass is 116 g/mol. The zero-order valence-electron chi connectivity index (χ0n) is 4.41. The van der Waals surface area contributed by atoms with Crippen LogP contribution >= 0.6 is 0 Å². The number of hydrogen-bond acceptors (Lipinski definition) is 3. The molecular formula is C5H8O3. The van der Waals surface area contributed by atoms with E-state index in [0.717, 1.165) is 6.42 Å². The van der Waals surface area contributed by atoms with Crippen LogP contribution in [0.15, 0.2) is 0 Å². The van der Waals surface area contributed by atoms with Gasteiger partial charge in [0.25, 0.3) is 0 Å². The van der Waals surface area contributed by atoms with E-state index in [4.69, 9.17) is 14.6 Å². The Balaban J connectivity index is 1.93. The van der Waals surface area contributed by atoms with E-state index in [9.17, 15) is 0 Å². The largest absolute Gasteiger partial charge is 0.391 e. The molecule has 3 atom stereocenters. The number of aliphatic hydroxyl groups excluding tert-OH is 1. The van der Waals surface area contributed by atoms with Crippen molar-refractivity contribution in [1.29, 1.82) is 0 Å². The Morgan fingerprint density at radius 2 is 2.38 bits per heavy atom. The highest BCUT2D eigenvalue weighted by molar-refractivity contribution is 4.84. The second kappa shape index (κ2) is 1.43. The fourth-order valence-electron chi connectivity index (χ4n) is 0.982. The quantitative estimate of drug-likeness (QED) is 0.433. The summed E-state index contributed by atoms with van der Waals surface area (Å²) in [6, 6.07) is 0. The van der Waals surface area contributed by atoms with E-state index in [1.54, 1.807) is 0 Å². The van der Waals surface area contributed by atoms with Gasteiger partial charge >= 0.3 is 0 Å². The second-order valence-corrected chi connectivity index (χ2v) is 2.27. The molecule has 46 valence electrons. The summed E-state index contributed by atoms with van der Waals surface area (Å²) in [6.45, 7) is 0.446. The normalized spacial score (nSPS) is 52.9. The van der Waals surface area contributed by atoms with Crippen molar-refractivity contribution in [3.05, 3.63) is 0 Å². The summed E-state index contributed by atoms with van der Waals surface area (Å²) in [7, 11) is 0. The van der Waals surface area contributed by atoms with Crippen molar-refractivity contribution < 1.29 is 14.6 Å². The van der Waals surface area contributed by atoms with Gasteiger partial charge in [0, 0.05) is 6.42 Å². The molecule has 1 N–H and O–H groups in total. The molecule has 0 aromatic rings. The molecule has 2 saturated heterocycles. The Kier molecular flexibility index (Phi) is 0.848. The van der Waals surface area contributed by atoms with Crippen LogP contribution in [-0.2, 0) is 9.47 Å². The lowest BCUT2D eigenvalue weighted by molar-refractivity contribution is -0.0192. The third-order valence-electron chi connectivity index (χ3n) is 1.49. The zero-order chi connectivity index (χ0) is 5.56. The first-order valence-corrected chi connectivity index (χ1v) is 2.81. The summed E-state index contributed by atoms with van der Waals surface area (Å²) in [4.78, 5) is 0. The van der Waals surface area contributed by atoms with Gasteiger partial charge in [-0.15, -0.1) is 0 Å². The van der Waals surface area contributed by atoms with Crippen molar-refractivity contribution >= 4 is 0 Å². The Bertz CT molecular complexity index is 104. The van der Waals surface area contributed by atoms with Crippen molar-refractivity contribution in [3.63, 3.8) is 0 Å². The minimum atomic E-state index is -0.293. The molecule has 0 spiro atoms. The topological polar surface area (TPSA) is 42.0 Å². The second-order valence-electron chi connectivity index (χ2n) is 2.27. The first-order chi connectivity index (χ1) is 3.86. The molecule has 0 amide bonds. The van der Waals surface area contributed by atoms with E-state index >= 15 is 0 Å². The van der Waals surface area contributed by atoms with Crippen LogP contribution in [0.25, 0.3) is 0 Å². The van der Waals surface area contributed by atoms with E-state index < -0.39 is 0 Å². The number of rotatable bonds is 0. The standard InChI is InChI=1S/C5H8O3/c6-3-1-4-5(8-4)7-2-3/h3-6H,1-2H2/t3-,4+,5?/m0/s1. The highest BCUT2D eigenvalue weighted by Crippen LogP contribution is 2.31. The van der Waals surface area contributed by atoms with Crippen LogP contribution < -0.4 is 0 Å². The Labute approximate surface area is 47.2 Å². The molecule has 0 bridgehead atoms. The summed E-state index contributed by atoms with van der Waals surface area (Å²) in [5.41, 5.74) is 0. The van der Waals surface area contributed by atoms with Gasteiger partial charge in [-0.25, -0.2) is 0 Å². The van der Waals surface area contributed by atoms with Crippen LogP contribution in [0.4, 0.5) is 0 Å². The predicted molar refractivity (Wildman–Crippen MR) is 25.2 cm³/mol. The molecule has 8 heavy (non-hydrogen) atoms. The average molecular weight is 116 g/mol. The summed E-state index contributed by atoms with van der Waals surface area (Å²) < 4.78 is 9.96. The van der Waals surface area contributed by atoms with Crippen LogP contribution in [0.3, 0.4) is 0 Å². The summed E-state index contributed by atoms with van der Waals surface area (Å²) >= 11 is 0. The van der Waals surface area contributed by atoms with E-state index in [1.165, 1.54) is 0 Å². The van der Waals surface area contributed by atoms with E-state index in [-0.39, 0.29) is 18.5 Å². The van der Waals surface area contributed by atoms with Gasteiger partial charge in [-0.1, -0.05) is 0 Å². The van der Waals surface area contributed by atoms with Crippen LogP contribution in [0, 0.1) is 0 Å². The lowest BCUT2D eigenvalue weighted by atomic mass is 10.2. The molecule has 3 nitrogen and oxygen atoms in total. The minimum Gasteiger partial charge on any atom is -0.391 e. The van der Waals surface area contributed by atoms with Crippen molar-refractivity contribution in [2.75, 3.05) is 6.61 Å². The molecule has 0 aromatic carbocycles. The molecule has 2 fully saturated rings. The molecule has 1 unspecified atom stereocenters. The molecule has 2 heterocycles. The van der Waals surface area contributed by atoms with Gasteiger partial charge < -0.3 is 14.6 Å². The van der Waals surface area contributed by atoms with Gasteiger partial charge in [0.2, 0.25) is 0 Å². The maximum atomic E-state index is 8.90. The minimum absolute atomic E-state index is 0.0263. The van der Waals surface area contributed by atoms with Gasteiger partial charge in [0.15, 0.2) is 6.29 Å². The Hall–Kier alpha value is -0.120. The van der Waals surface area contributed by atoms with Gasteiger partial charge in [0.05, 0.1) is 12.7 Å². The lowest BCUT2D eigenvalue weighted by Gasteiger charge is -2.11. The van der Waals surface area contributed by atoms with E-state index in [0.29, 0.717) is 6.61 Å². The maximum Gasteiger partial charge on any atom is 0.184 e. The number of epoxide rings is 1. The number of hydrogen-bond donors (Lipinski definition) is 1. The summed E-state index contributed by atoms with van der Waals surface area (Å²) in [5, 5.41) is 8.90. The Morgan fingerprint density at radius 3 is 3.00 bits per heavy atom. The molecule has 0 saturated carbocycles. The molecule has 0 aromatic heterocycles. The predicted octanol–water partition coefficient (Wildman–Crippen LogP) is -0.508. The van der Waals surface area contributed by atoms with Gasteiger partial charge in [-0.2, -0.15) is 0 Å². The first kappa shape index (κ1) is 4.73. The molecule has 0 aliphatic carbocycles. The van der Waals surface area contributed by atoms with Crippen molar-refractivity contribution in [2.24, 2.45) is 0 Å². The van der Waals surface area contributed by atoms with E-state index in [1.807, 2.05) is 0 Å². The molecule has 2 aliphatic heterocycles. The van der Waals surface area contributed by atoms with Crippen molar-refractivity contribution in [1.82, 2.24) is 0 Å². The molecule has 2 aliphatic rings.